The summed E-state index contributed by atoms with van der Waals surface area (Å²) >= 11 is 0. The zero-order valence-corrected chi connectivity index (χ0v) is 7.88. The van der Waals surface area contributed by atoms with Crippen LogP contribution in [0.3, 0.4) is 0 Å². The van der Waals surface area contributed by atoms with Crippen molar-refractivity contribution in [2.24, 2.45) is 23.7 Å². The second-order valence-electron chi connectivity index (χ2n) is 4.79. The number of hydrogen-bond donors (Lipinski definition) is 0. The van der Waals surface area contributed by atoms with E-state index in [9.17, 15) is 0 Å². The molecule has 0 radical (unpaired) electrons. The molecule has 0 aromatic heterocycles. The molecular weight excluding hydrogens is 144 g/mol. The van der Waals surface area contributed by atoms with E-state index in [0.29, 0.717) is 0 Å². The Hall–Kier alpha value is -0.520. The Morgan fingerprint density at radius 1 is 1.25 bits per heavy atom. The summed E-state index contributed by atoms with van der Waals surface area (Å²) in [6.45, 7) is 4.66. The molecule has 0 heterocycles. The van der Waals surface area contributed by atoms with E-state index in [2.05, 4.69) is 26.0 Å². The van der Waals surface area contributed by atoms with Gasteiger partial charge in [-0.2, -0.15) is 0 Å². The van der Waals surface area contributed by atoms with Crippen molar-refractivity contribution >= 4 is 0 Å². The summed E-state index contributed by atoms with van der Waals surface area (Å²) in [5.74, 6) is 3.81. The summed E-state index contributed by atoms with van der Waals surface area (Å²) in [5.41, 5.74) is 3.36. The molecule has 4 atom stereocenters. The van der Waals surface area contributed by atoms with Crippen LogP contribution in [0.2, 0.25) is 0 Å². The van der Waals surface area contributed by atoms with Gasteiger partial charge in [-0.3, -0.25) is 0 Å². The molecule has 0 heteroatoms. The molecule has 0 N–H and O–H groups in total. The van der Waals surface area contributed by atoms with Gasteiger partial charge in [0.1, 0.15) is 0 Å². The first-order chi connectivity index (χ1) is 5.77. The molecule has 3 rings (SSSR count). The van der Waals surface area contributed by atoms with E-state index in [0.717, 1.165) is 23.7 Å². The lowest BCUT2D eigenvalue weighted by Crippen LogP contribution is -2.17. The number of allylic oxidation sites excluding steroid dienone is 4. The molecule has 2 bridgehead atoms. The van der Waals surface area contributed by atoms with Crippen molar-refractivity contribution < 1.29 is 0 Å². The Kier molecular flexibility index (Phi) is 1.18. The van der Waals surface area contributed by atoms with Crippen LogP contribution in [0.1, 0.15) is 26.7 Å². The molecule has 3 aliphatic rings. The number of fused-ring (bicyclic) bond motifs is 5. The van der Waals surface area contributed by atoms with Crippen LogP contribution in [-0.2, 0) is 0 Å². The molecule has 0 aliphatic heterocycles. The summed E-state index contributed by atoms with van der Waals surface area (Å²) < 4.78 is 0. The van der Waals surface area contributed by atoms with Gasteiger partial charge in [-0.1, -0.05) is 23.3 Å². The summed E-state index contributed by atoms with van der Waals surface area (Å²) in [4.78, 5) is 0. The molecule has 1 saturated carbocycles. The third kappa shape index (κ3) is 0.646. The maximum atomic E-state index is 2.54. The molecule has 64 valence electrons. The van der Waals surface area contributed by atoms with Crippen LogP contribution >= 0.6 is 0 Å². The first kappa shape index (κ1) is 6.94. The van der Waals surface area contributed by atoms with Gasteiger partial charge in [-0.15, -0.1) is 0 Å². The third-order valence-corrected chi connectivity index (χ3v) is 4.27. The van der Waals surface area contributed by atoms with Crippen LogP contribution in [0, 0.1) is 23.7 Å². The van der Waals surface area contributed by atoms with E-state index in [4.69, 9.17) is 0 Å². The quantitative estimate of drug-likeness (QED) is 0.477. The first-order valence-corrected chi connectivity index (χ1v) is 5.12. The Bertz CT molecular complexity index is 282. The van der Waals surface area contributed by atoms with Gasteiger partial charge in [0.05, 0.1) is 0 Å². The van der Waals surface area contributed by atoms with Gasteiger partial charge in [0.25, 0.3) is 0 Å². The van der Waals surface area contributed by atoms with Gasteiger partial charge in [0.15, 0.2) is 0 Å². The predicted octanol–water partition coefficient (Wildman–Crippen LogP) is 3.16. The minimum atomic E-state index is 0.916. The highest BCUT2D eigenvalue weighted by Crippen LogP contribution is 2.57. The van der Waals surface area contributed by atoms with E-state index in [1.54, 1.807) is 11.1 Å². The lowest BCUT2D eigenvalue weighted by molar-refractivity contribution is 0.373. The van der Waals surface area contributed by atoms with E-state index in [1.165, 1.54) is 12.8 Å². The van der Waals surface area contributed by atoms with Gasteiger partial charge in [0, 0.05) is 0 Å². The topological polar surface area (TPSA) is 0 Å². The van der Waals surface area contributed by atoms with Gasteiger partial charge in [0.2, 0.25) is 0 Å². The van der Waals surface area contributed by atoms with Gasteiger partial charge < -0.3 is 0 Å². The fourth-order valence-corrected chi connectivity index (χ4v) is 3.78. The number of hydrogen-bond acceptors (Lipinski definition) is 0. The highest BCUT2D eigenvalue weighted by Gasteiger charge is 2.48. The van der Waals surface area contributed by atoms with Gasteiger partial charge in [-0.05, 0) is 50.4 Å². The van der Waals surface area contributed by atoms with E-state index >= 15 is 0 Å². The smallest absolute Gasteiger partial charge is 0.0106 e. The van der Waals surface area contributed by atoms with Gasteiger partial charge >= 0.3 is 0 Å². The lowest BCUT2D eigenvalue weighted by atomic mass is 9.80. The monoisotopic (exact) mass is 160 g/mol. The zero-order valence-electron chi connectivity index (χ0n) is 7.88. The Balaban J connectivity index is 2.01. The maximum absolute atomic E-state index is 2.54. The standard InChI is InChI=1S/C12H16/c1-7-3-4-10-11-6-9(12(7)10)5-8(11)2/h3,5,9-12H,4,6H2,1-2H3/t9-,10?,11-,12?/m0/s1. The molecule has 0 nitrogen and oxygen atoms in total. The normalized spacial score (nSPS) is 49.2. The van der Waals surface area contributed by atoms with Crippen LogP contribution in [0.5, 0.6) is 0 Å². The molecule has 0 spiro atoms. The van der Waals surface area contributed by atoms with Crippen molar-refractivity contribution in [1.29, 1.82) is 0 Å². The zero-order chi connectivity index (χ0) is 8.29. The van der Waals surface area contributed by atoms with Crippen molar-refractivity contribution in [3.05, 3.63) is 23.3 Å². The average molecular weight is 160 g/mol. The minimum absolute atomic E-state index is 0.916. The third-order valence-electron chi connectivity index (χ3n) is 4.27. The minimum Gasteiger partial charge on any atom is -0.0850 e. The van der Waals surface area contributed by atoms with Crippen molar-refractivity contribution in [3.63, 3.8) is 0 Å². The highest BCUT2D eigenvalue weighted by atomic mass is 14.5. The molecule has 12 heavy (non-hydrogen) atoms. The number of rotatable bonds is 0. The molecule has 2 unspecified atom stereocenters. The average Bonchev–Trinajstić information content (AvgIpc) is 2.62. The van der Waals surface area contributed by atoms with E-state index < -0.39 is 0 Å². The van der Waals surface area contributed by atoms with E-state index in [1.807, 2.05) is 0 Å². The largest absolute Gasteiger partial charge is 0.0850 e. The molecular formula is C12H16. The Labute approximate surface area is 74.4 Å². The second kappa shape index (κ2) is 2.04. The van der Waals surface area contributed by atoms with Crippen molar-refractivity contribution in [3.8, 4) is 0 Å². The molecule has 0 amide bonds. The summed E-state index contributed by atoms with van der Waals surface area (Å²) in [7, 11) is 0. The van der Waals surface area contributed by atoms with Crippen molar-refractivity contribution in [1.82, 2.24) is 0 Å². The lowest BCUT2D eigenvalue weighted by Gasteiger charge is -2.25. The van der Waals surface area contributed by atoms with Crippen molar-refractivity contribution in [2.75, 3.05) is 0 Å². The molecule has 0 aromatic rings. The highest BCUT2D eigenvalue weighted by molar-refractivity contribution is 5.31. The SMILES string of the molecule is CC1=CCC2C1[C@H]1C=C(C)[C@@H]2C1. The summed E-state index contributed by atoms with van der Waals surface area (Å²) in [6.07, 6.45) is 7.84. The Morgan fingerprint density at radius 2 is 2.08 bits per heavy atom. The molecule has 0 aromatic carbocycles. The van der Waals surface area contributed by atoms with Crippen molar-refractivity contribution in [2.45, 2.75) is 26.7 Å². The maximum Gasteiger partial charge on any atom is -0.0106 e. The van der Waals surface area contributed by atoms with Crippen LogP contribution in [0.25, 0.3) is 0 Å². The molecule has 1 fully saturated rings. The fourth-order valence-electron chi connectivity index (χ4n) is 3.78. The van der Waals surface area contributed by atoms with Crippen LogP contribution < -0.4 is 0 Å². The van der Waals surface area contributed by atoms with Crippen LogP contribution in [-0.4, -0.2) is 0 Å². The first-order valence-electron chi connectivity index (χ1n) is 5.12. The van der Waals surface area contributed by atoms with Crippen LogP contribution in [0.15, 0.2) is 23.3 Å². The molecule has 0 saturated heterocycles. The fraction of sp³-hybridized carbons (Fsp3) is 0.667. The summed E-state index contributed by atoms with van der Waals surface area (Å²) in [6, 6.07) is 0. The summed E-state index contributed by atoms with van der Waals surface area (Å²) in [5, 5.41) is 0. The molecule has 3 aliphatic carbocycles. The van der Waals surface area contributed by atoms with E-state index in [-0.39, 0.29) is 0 Å². The van der Waals surface area contributed by atoms with Crippen LogP contribution in [0.4, 0.5) is 0 Å². The second-order valence-corrected chi connectivity index (χ2v) is 4.79. The Morgan fingerprint density at radius 3 is 2.92 bits per heavy atom. The predicted molar refractivity (Wildman–Crippen MR) is 50.7 cm³/mol. The van der Waals surface area contributed by atoms with Gasteiger partial charge in [-0.25, -0.2) is 0 Å².